The molecular weight excluding hydrogens is 597 g/mol. The maximum absolute atomic E-state index is 6.05. The highest BCUT2D eigenvalue weighted by Crippen LogP contribution is 2.21. The van der Waals surface area contributed by atoms with E-state index in [9.17, 15) is 0 Å². The van der Waals surface area contributed by atoms with Crippen molar-refractivity contribution in [2.75, 3.05) is 24.5 Å². The highest BCUT2D eigenvalue weighted by atomic mass is 79.9. The third-order valence-electron chi connectivity index (χ3n) is 5.55. The number of aryl methyl sites for hydroxylation is 1. The number of guanidine groups is 1. The van der Waals surface area contributed by atoms with Crippen molar-refractivity contribution >= 4 is 75.8 Å². The van der Waals surface area contributed by atoms with Gasteiger partial charge in [-0.05, 0) is 55.2 Å². The molecule has 0 saturated heterocycles. The summed E-state index contributed by atoms with van der Waals surface area (Å²) in [5.74, 6) is 1.46. The number of hydrogen-bond donors (Lipinski definition) is 3. The normalized spacial score (nSPS) is 10.7. The van der Waals surface area contributed by atoms with Crippen molar-refractivity contribution in [3.05, 3.63) is 88.9 Å². The van der Waals surface area contributed by atoms with Gasteiger partial charge in [-0.2, -0.15) is 0 Å². The van der Waals surface area contributed by atoms with Gasteiger partial charge < -0.3 is 20.9 Å². The molecule has 0 aliphatic rings. The summed E-state index contributed by atoms with van der Waals surface area (Å²) in [4.78, 5) is 18.9. The number of hydrogen-bond acceptors (Lipinski definition) is 4. The van der Waals surface area contributed by atoms with Gasteiger partial charge in [0.05, 0.1) is 11.8 Å². The molecule has 0 radical (unpaired) electrons. The summed E-state index contributed by atoms with van der Waals surface area (Å²) in [6, 6.07) is 20.9. The number of benzene rings is 2. The van der Waals surface area contributed by atoms with Crippen molar-refractivity contribution in [1.82, 2.24) is 20.3 Å². The van der Waals surface area contributed by atoms with Crippen molar-refractivity contribution < 1.29 is 0 Å². The SMILES string of the molecule is Cl.Cl.Cl.NC(=NCCCN(Cc1ccc(Br)cc1)c1ccc2ccccc2n1)NCCCc1cnc[nH]1. The van der Waals surface area contributed by atoms with Crippen LogP contribution in [0.1, 0.15) is 24.1 Å². The molecule has 0 bridgehead atoms. The topological polar surface area (TPSA) is 95.2 Å². The summed E-state index contributed by atoms with van der Waals surface area (Å²) in [6.45, 7) is 3.05. The third kappa shape index (κ3) is 10.4. The number of aromatic nitrogens is 3. The summed E-state index contributed by atoms with van der Waals surface area (Å²) in [6.07, 6.45) is 6.33. The third-order valence-corrected chi connectivity index (χ3v) is 6.08. The Balaban J connectivity index is 0.00000228. The maximum atomic E-state index is 6.05. The molecule has 0 aliphatic carbocycles. The van der Waals surface area contributed by atoms with E-state index in [0.29, 0.717) is 12.5 Å². The highest BCUT2D eigenvalue weighted by Gasteiger charge is 2.10. The van der Waals surface area contributed by atoms with Crippen LogP contribution in [0.5, 0.6) is 0 Å². The van der Waals surface area contributed by atoms with E-state index in [1.807, 2.05) is 18.3 Å². The number of rotatable bonds is 11. The Bertz CT molecular complexity index is 1200. The summed E-state index contributed by atoms with van der Waals surface area (Å²) in [5, 5.41) is 4.34. The van der Waals surface area contributed by atoms with Crippen LogP contribution < -0.4 is 16.0 Å². The lowest BCUT2D eigenvalue weighted by molar-refractivity contribution is 0.720. The predicted octanol–water partition coefficient (Wildman–Crippen LogP) is 5.92. The average molecular weight is 630 g/mol. The molecule has 4 rings (SSSR count). The van der Waals surface area contributed by atoms with E-state index in [1.54, 1.807) is 6.33 Å². The van der Waals surface area contributed by atoms with Crippen LogP contribution in [0, 0.1) is 0 Å². The van der Waals surface area contributed by atoms with E-state index in [0.717, 1.165) is 65.8 Å². The molecule has 0 saturated carbocycles. The maximum Gasteiger partial charge on any atom is 0.188 e. The Morgan fingerprint density at radius 2 is 1.78 bits per heavy atom. The number of nitrogens with one attached hydrogen (secondary N) is 2. The molecule has 0 amide bonds. The van der Waals surface area contributed by atoms with Gasteiger partial charge in [-0.3, -0.25) is 4.99 Å². The number of nitrogens with zero attached hydrogens (tertiary/aromatic N) is 4. The predicted molar refractivity (Wildman–Crippen MR) is 165 cm³/mol. The van der Waals surface area contributed by atoms with Crippen LogP contribution in [-0.2, 0) is 13.0 Å². The molecule has 37 heavy (non-hydrogen) atoms. The molecule has 0 aliphatic heterocycles. The molecule has 0 spiro atoms. The number of H-pyrrole nitrogens is 1. The second-order valence-electron chi connectivity index (χ2n) is 8.14. The lowest BCUT2D eigenvalue weighted by Gasteiger charge is -2.24. The summed E-state index contributed by atoms with van der Waals surface area (Å²) in [5.41, 5.74) is 9.42. The molecule has 200 valence electrons. The Morgan fingerprint density at radius 1 is 1.00 bits per heavy atom. The minimum atomic E-state index is 0. The zero-order chi connectivity index (χ0) is 23.6. The molecular formula is C26H33BrCl3N7. The van der Waals surface area contributed by atoms with E-state index in [-0.39, 0.29) is 37.2 Å². The molecule has 2 aromatic carbocycles. The molecule has 0 unspecified atom stereocenters. The number of anilines is 1. The van der Waals surface area contributed by atoms with E-state index in [2.05, 4.69) is 89.6 Å². The second-order valence-corrected chi connectivity index (χ2v) is 9.05. The van der Waals surface area contributed by atoms with Crippen molar-refractivity contribution in [1.29, 1.82) is 0 Å². The first-order valence-corrected chi connectivity index (χ1v) is 12.3. The summed E-state index contributed by atoms with van der Waals surface area (Å²) >= 11 is 3.52. The van der Waals surface area contributed by atoms with Gasteiger partial charge in [0.15, 0.2) is 5.96 Å². The lowest BCUT2D eigenvalue weighted by atomic mass is 10.2. The largest absolute Gasteiger partial charge is 0.370 e. The molecule has 11 heteroatoms. The Labute approximate surface area is 245 Å². The first-order valence-electron chi connectivity index (χ1n) is 11.5. The fourth-order valence-corrected chi connectivity index (χ4v) is 4.01. The van der Waals surface area contributed by atoms with Crippen LogP contribution in [0.4, 0.5) is 5.82 Å². The van der Waals surface area contributed by atoms with Crippen LogP contribution >= 0.6 is 53.2 Å². The minimum Gasteiger partial charge on any atom is -0.370 e. The van der Waals surface area contributed by atoms with E-state index < -0.39 is 0 Å². The molecule has 4 aromatic rings. The van der Waals surface area contributed by atoms with Gasteiger partial charge in [-0.25, -0.2) is 9.97 Å². The molecule has 0 atom stereocenters. The van der Waals surface area contributed by atoms with E-state index >= 15 is 0 Å². The molecule has 2 aromatic heterocycles. The van der Waals surface area contributed by atoms with Gasteiger partial charge >= 0.3 is 0 Å². The minimum absolute atomic E-state index is 0. The molecule has 4 N–H and O–H groups in total. The van der Waals surface area contributed by atoms with E-state index in [1.165, 1.54) is 5.56 Å². The van der Waals surface area contributed by atoms with Crippen LogP contribution in [0.15, 0.2) is 82.7 Å². The number of halogens is 4. The summed E-state index contributed by atoms with van der Waals surface area (Å²) < 4.78 is 1.08. The number of para-hydroxylation sites is 1. The Hall–Kier alpha value is -2.52. The van der Waals surface area contributed by atoms with Crippen LogP contribution in [0.25, 0.3) is 10.9 Å². The van der Waals surface area contributed by atoms with E-state index in [4.69, 9.17) is 10.7 Å². The Kier molecular flexibility index (Phi) is 15.0. The number of pyridine rings is 1. The van der Waals surface area contributed by atoms with Gasteiger partial charge in [-0.1, -0.05) is 46.3 Å². The lowest BCUT2D eigenvalue weighted by Crippen LogP contribution is -2.33. The van der Waals surface area contributed by atoms with Crippen LogP contribution in [0.3, 0.4) is 0 Å². The van der Waals surface area contributed by atoms with Crippen molar-refractivity contribution in [3.63, 3.8) is 0 Å². The van der Waals surface area contributed by atoms with Crippen molar-refractivity contribution in [3.8, 4) is 0 Å². The smallest absolute Gasteiger partial charge is 0.188 e. The summed E-state index contributed by atoms with van der Waals surface area (Å²) in [7, 11) is 0. The first kappa shape index (κ1) is 32.5. The average Bonchev–Trinajstić information content (AvgIpc) is 3.38. The zero-order valence-electron chi connectivity index (χ0n) is 20.3. The second kappa shape index (κ2) is 17.1. The van der Waals surface area contributed by atoms with Crippen molar-refractivity contribution in [2.24, 2.45) is 10.7 Å². The molecule has 2 heterocycles. The van der Waals surface area contributed by atoms with Gasteiger partial charge in [0.25, 0.3) is 0 Å². The van der Waals surface area contributed by atoms with Gasteiger partial charge in [0, 0.05) is 47.9 Å². The van der Waals surface area contributed by atoms with Crippen molar-refractivity contribution in [2.45, 2.75) is 25.8 Å². The number of fused-ring (bicyclic) bond motifs is 1. The highest BCUT2D eigenvalue weighted by molar-refractivity contribution is 9.10. The van der Waals surface area contributed by atoms with Gasteiger partial charge in [0.2, 0.25) is 0 Å². The fraction of sp³-hybridized carbons (Fsp3) is 0.269. The molecule has 7 nitrogen and oxygen atoms in total. The Morgan fingerprint density at radius 3 is 2.54 bits per heavy atom. The zero-order valence-corrected chi connectivity index (χ0v) is 24.4. The van der Waals surface area contributed by atoms with Crippen LogP contribution in [0.2, 0.25) is 0 Å². The van der Waals surface area contributed by atoms with Crippen LogP contribution in [-0.4, -0.2) is 40.5 Å². The van der Waals surface area contributed by atoms with Gasteiger partial charge in [-0.15, -0.1) is 37.2 Å². The monoisotopic (exact) mass is 627 g/mol. The quantitative estimate of drug-likeness (QED) is 0.109. The van der Waals surface area contributed by atoms with Gasteiger partial charge in [0.1, 0.15) is 5.82 Å². The standard InChI is InChI=1S/C26H30BrN7.3ClH/c27-22-11-8-20(9-12-22)18-34(25-13-10-21-5-1-2-7-24(21)33-25)16-4-15-31-26(28)30-14-3-6-23-17-29-19-32-23;;;/h1-2,5,7-13,17,19H,3-4,6,14-16,18H2,(H,29,32)(H3,28,30,31);3*1H. The number of nitrogens with two attached hydrogens (primary N) is 1. The number of imidazole rings is 1. The molecule has 0 fully saturated rings. The number of aliphatic imine (C=N–C) groups is 1. The fourth-order valence-electron chi connectivity index (χ4n) is 3.75. The number of aromatic amines is 1. The first-order chi connectivity index (χ1) is 16.7.